The molecule has 0 aromatic heterocycles. The molecule has 0 radical (unpaired) electrons. The number of carbonyl (C=O) groups is 2. The Balaban J connectivity index is 1.97. The van der Waals surface area contributed by atoms with Gasteiger partial charge in [0.05, 0.1) is 25.8 Å². The van der Waals surface area contributed by atoms with Crippen molar-refractivity contribution in [1.82, 2.24) is 0 Å². The highest BCUT2D eigenvalue weighted by Crippen LogP contribution is 2.44. The summed E-state index contributed by atoms with van der Waals surface area (Å²) in [4.78, 5) is 28.0. The highest BCUT2D eigenvalue weighted by atomic mass is 35.5. The summed E-state index contributed by atoms with van der Waals surface area (Å²) in [7, 11) is 2.98. The van der Waals surface area contributed by atoms with Crippen molar-refractivity contribution in [3.05, 3.63) is 87.9 Å². The molecule has 3 aromatic rings. The molecule has 2 N–H and O–H groups in total. The van der Waals surface area contributed by atoms with E-state index in [4.69, 9.17) is 21.1 Å². The number of halogens is 1. The number of Topliss-reactive ketones (excluding diaryl/α,β-unsaturated/α-hetero) is 1. The molecule has 1 heterocycles. The van der Waals surface area contributed by atoms with Crippen LogP contribution in [0.1, 0.15) is 42.5 Å². The highest BCUT2D eigenvalue weighted by Gasteiger charge is 2.47. The lowest BCUT2D eigenvalue weighted by atomic mass is 9.93. The molecule has 1 unspecified atom stereocenters. The van der Waals surface area contributed by atoms with Crippen molar-refractivity contribution in [3.8, 4) is 17.2 Å². The minimum atomic E-state index is -1.02. The van der Waals surface area contributed by atoms with Gasteiger partial charge in [0.1, 0.15) is 11.5 Å². The molecule has 0 aliphatic carbocycles. The molecule has 1 saturated heterocycles. The molecule has 186 valence electrons. The Kier molecular flexibility index (Phi) is 6.95. The molecule has 0 bridgehead atoms. The zero-order valence-corrected chi connectivity index (χ0v) is 21.0. The quantitative estimate of drug-likeness (QED) is 0.248. The average Bonchev–Trinajstić information content (AvgIpc) is 3.13. The Hall–Kier alpha value is -3.97. The molecule has 0 spiro atoms. The van der Waals surface area contributed by atoms with Crippen LogP contribution < -0.4 is 14.4 Å². The second-order valence-electron chi connectivity index (χ2n) is 8.69. The SMILES string of the molecule is COc1ccc(C2/C(=C(/O)c3ccc(OC)c(C(C)C)c3)C(=O)C(=O)N2c2cccc(Cl)c2)cc1O. The molecule has 1 aliphatic rings. The summed E-state index contributed by atoms with van der Waals surface area (Å²) in [5, 5.41) is 22.3. The molecule has 7 nitrogen and oxygen atoms in total. The Bertz CT molecular complexity index is 1380. The number of carbonyl (C=O) groups excluding carboxylic acids is 2. The lowest BCUT2D eigenvalue weighted by Crippen LogP contribution is -2.29. The van der Waals surface area contributed by atoms with Crippen LogP contribution in [0.2, 0.25) is 5.02 Å². The fraction of sp³-hybridized carbons (Fsp3) is 0.214. The van der Waals surface area contributed by atoms with Gasteiger partial charge in [0, 0.05) is 16.3 Å². The Labute approximate surface area is 214 Å². The van der Waals surface area contributed by atoms with Gasteiger partial charge in [-0.05, 0) is 65.6 Å². The van der Waals surface area contributed by atoms with E-state index in [2.05, 4.69) is 0 Å². The number of aromatic hydroxyl groups is 1. The Morgan fingerprint density at radius 2 is 1.67 bits per heavy atom. The number of phenols is 1. The van der Waals surface area contributed by atoms with Crippen molar-refractivity contribution in [2.45, 2.75) is 25.8 Å². The number of hydrogen-bond donors (Lipinski definition) is 2. The van der Waals surface area contributed by atoms with Crippen molar-refractivity contribution < 1.29 is 29.3 Å². The van der Waals surface area contributed by atoms with Gasteiger partial charge in [-0.3, -0.25) is 14.5 Å². The van der Waals surface area contributed by atoms with E-state index in [9.17, 15) is 19.8 Å². The van der Waals surface area contributed by atoms with E-state index >= 15 is 0 Å². The van der Waals surface area contributed by atoms with Crippen molar-refractivity contribution in [1.29, 1.82) is 0 Å². The van der Waals surface area contributed by atoms with Gasteiger partial charge in [-0.15, -0.1) is 0 Å². The first-order chi connectivity index (χ1) is 17.2. The minimum absolute atomic E-state index is 0.0795. The number of aliphatic hydroxyl groups is 1. The summed E-state index contributed by atoms with van der Waals surface area (Å²) in [5.74, 6) is -1.21. The van der Waals surface area contributed by atoms with E-state index < -0.39 is 17.7 Å². The standard InChI is InChI=1S/C28H26ClNO6/c1-15(2)20-12-17(9-10-22(20)35-3)26(32)24-25(16-8-11-23(36-4)21(31)13-16)30(28(34)27(24)33)19-7-5-6-18(29)14-19/h5-15,25,31-32H,1-4H3/b26-24-. The van der Waals surface area contributed by atoms with Crippen molar-refractivity contribution in [3.63, 3.8) is 0 Å². The summed E-state index contributed by atoms with van der Waals surface area (Å²) in [6, 6.07) is 15.2. The average molecular weight is 508 g/mol. The van der Waals surface area contributed by atoms with E-state index in [1.807, 2.05) is 13.8 Å². The molecule has 3 aromatic carbocycles. The van der Waals surface area contributed by atoms with E-state index in [-0.39, 0.29) is 28.7 Å². The molecular weight excluding hydrogens is 482 g/mol. The van der Waals surface area contributed by atoms with Crippen LogP contribution in [0.5, 0.6) is 17.2 Å². The van der Waals surface area contributed by atoms with Gasteiger partial charge in [-0.25, -0.2) is 0 Å². The predicted molar refractivity (Wildman–Crippen MR) is 138 cm³/mol. The van der Waals surface area contributed by atoms with Gasteiger partial charge >= 0.3 is 0 Å². The second-order valence-corrected chi connectivity index (χ2v) is 9.13. The monoisotopic (exact) mass is 507 g/mol. The molecular formula is C28H26ClNO6. The summed E-state index contributed by atoms with van der Waals surface area (Å²) in [6.45, 7) is 3.97. The maximum atomic E-state index is 13.4. The maximum absolute atomic E-state index is 13.4. The summed E-state index contributed by atoms with van der Waals surface area (Å²) < 4.78 is 10.6. The van der Waals surface area contributed by atoms with Gasteiger partial charge in [-0.1, -0.05) is 37.6 Å². The first-order valence-corrected chi connectivity index (χ1v) is 11.7. The summed E-state index contributed by atoms with van der Waals surface area (Å²) in [5.41, 5.74) is 1.88. The van der Waals surface area contributed by atoms with Crippen LogP contribution in [-0.4, -0.2) is 36.1 Å². The van der Waals surface area contributed by atoms with Crippen LogP contribution in [-0.2, 0) is 9.59 Å². The zero-order valence-electron chi connectivity index (χ0n) is 20.3. The minimum Gasteiger partial charge on any atom is -0.507 e. The van der Waals surface area contributed by atoms with Gasteiger partial charge < -0.3 is 19.7 Å². The molecule has 4 rings (SSSR count). The number of anilines is 1. The van der Waals surface area contributed by atoms with E-state index in [0.717, 1.165) is 5.56 Å². The van der Waals surface area contributed by atoms with Crippen LogP contribution in [0.4, 0.5) is 5.69 Å². The highest BCUT2D eigenvalue weighted by molar-refractivity contribution is 6.51. The molecule has 1 fully saturated rings. The number of benzene rings is 3. The third-order valence-corrected chi connectivity index (χ3v) is 6.41. The third kappa shape index (κ3) is 4.38. The van der Waals surface area contributed by atoms with Gasteiger partial charge in [0.15, 0.2) is 11.5 Å². The number of amides is 1. The topological polar surface area (TPSA) is 96.3 Å². The number of hydrogen-bond acceptors (Lipinski definition) is 6. The Morgan fingerprint density at radius 1 is 0.972 bits per heavy atom. The number of rotatable bonds is 6. The lowest BCUT2D eigenvalue weighted by molar-refractivity contribution is -0.132. The lowest BCUT2D eigenvalue weighted by Gasteiger charge is -2.26. The number of phenolic OH excluding ortho intramolecular Hbond substituents is 1. The van der Waals surface area contributed by atoms with Crippen LogP contribution >= 0.6 is 11.6 Å². The molecule has 0 saturated carbocycles. The van der Waals surface area contributed by atoms with Crippen LogP contribution in [0.3, 0.4) is 0 Å². The summed E-state index contributed by atoms with van der Waals surface area (Å²) >= 11 is 6.18. The molecule has 1 atom stereocenters. The van der Waals surface area contributed by atoms with E-state index in [1.54, 1.807) is 55.6 Å². The first-order valence-electron chi connectivity index (χ1n) is 11.3. The van der Waals surface area contributed by atoms with Gasteiger partial charge in [-0.2, -0.15) is 0 Å². The van der Waals surface area contributed by atoms with Gasteiger partial charge in [0.2, 0.25) is 0 Å². The Morgan fingerprint density at radius 3 is 2.28 bits per heavy atom. The molecule has 1 amide bonds. The maximum Gasteiger partial charge on any atom is 0.300 e. The van der Waals surface area contributed by atoms with Crippen LogP contribution in [0, 0.1) is 0 Å². The number of methoxy groups -OCH3 is 2. The molecule has 8 heteroatoms. The van der Waals surface area contributed by atoms with Crippen molar-refractivity contribution >= 4 is 34.7 Å². The molecule has 1 aliphatic heterocycles. The van der Waals surface area contributed by atoms with Crippen molar-refractivity contribution in [2.24, 2.45) is 0 Å². The first kappa shape index (κ1) is 25.1. The second kappa shape index (κ2) is 9.95. The smallest absolute Gasteiger partial charge is 0.300 e. The van der Waals surface area contributed by atoms with E-state index in [1.165, 1.54) is 24.1 Å². The number of aliphatic hydroxyl groups excluding tert-OH is 1. The van der Waals surface area contributed by atoms with E-state index in [0.29, 0.717) is 27.6 Å². The number of nitrogens with zero attached hydrogens (tertiary/aromatic N) is 1. The normalized spacial score (nSPS) is 17.1. The summed E-state index contributed by atoms with van der Waals surface area (Å²) in [6.07, 6.45) is 0. The number of ether oxygens (including phenoxy) is 2. The molecule has 36 heavy (non-hydrogen) atoms. The zero-order chi connectivity index (χ0) is 26.1. The fourth-order valence-corrected chi connectivity index (χ4v) is 4.59. The fourth-order valence-electron chi connectivity index (χ4n) is 4.41. The van der Waals surface area contributed by atoms with Crippen molar-refractivity contribution in [2.75, 3.05) is 19.1 Å². The largest absolute Gasteiger partial charge is 0.507 e. The van der Waals surface area contributed by atoms with Crippen LogP contribution in [0.25, 0.3) is 5.76 Å². The van der Waals surface area contributed by atoms with Gasteiger partial charge in [0.25, 0.3) is 11.7 Å². The third-order valence-electron chi connectivity index (χ3n) is 6.17. The van der Waals surface area contributed by atoms with Crippen LogP contribution in [0.15, 0.2) is 66.2 Å². The predicted octanol–water partition coefficient (Wildman–Crippen LogP) is 5.81. The number of ketones is 1.